The van der Waals surface area contributed by atoms with Gasteiger partial charge in [0, 0.05) is 21.8 Å². The van der Waals surface area contributed by atoms with Gasteiger partial charge in [0.25, 0.3) is 10.1 Å². The Balaban J connectivity index is 2.70. The summed E-state index contributed by atoms with van der Waals surface area (Å²) < 4.78 is 32.2. The van der Waals surface area contributed by atoms with E-state index >= 15 is 0 Å². The van der Waals surface area contributed by atoms with Gasteiger partial charge in [0.2, 0.25) is 0 Å². The van der Waals surface area contributed by atoms with E-state index in [9.17, 15) is 23.2 Å². The predicted molar refractivity (Wildman–Crippen MR) is 79.0 cm³/mol. The number of hydrogen-bond acceptors (Lipinski definition) is 5. The number of benzene rings is 3. The Kier molecular flexibility index (Phi) is 2.72. The van der Waals surface area contributed by atoms with Crippen LogP contribution in [-0.4, -0.2) is 23.2 Å². The molecule has 0 radical (unpaired) electrons. The molecule has 0 bridgehead atoms. The largest absolute Gasteiger partial charge is 0.507 e. The summed E-state index contributed by atoms with van der Waals surface area (Å²) in [6.07, 6.45) is 0. The average molecular weight is 305 g/mol. The Hall–Kier alpha value is -2.51. The van der Waals surface area contributed by atoms with Crippen LogP contribution in [0, 0.1) is 0 Å². The van der Waals surface area contributed by atoms with E-state index in [1.165, 1.54) is 18.2 Å². The minimum Gasteiger partial charge on any atom is -0.507 e. The number of nitrogens with two attached hydrogens (primary N) is 1. The highest BCUT2D eigenvalue weighted by atomic mass is 32.2. The fourth-order valence-electron chi connectivity index (χ4n) is 2.49. The van der Waals surface area contributed by atoms with Crippen molar-refractivity contribution >= 4 is 37.4 Å². The lowest BCUT2D eigenvalue weighted by Crippen LogP contribution is -1.99. The van der Waals surface area contributed by atoms with Gasteiger partial charge in [-0.1, -0.05) is 24.3 Å². The van der Waals surface area contributed by atoms with Gasteiger partial charge in [-0.25, -0.2) is 0 Å². The van der Waals surface area contributed by atoms with E-state index in [1.807, 2.05) is 0 Å². The Morgan fingerprint density at radius 1 is 0.857 bits per heavy atom. The van der Waals surface area contributed by atoms with Gasteiger partial charge in [0.1, 0.15) is 16.4 Å². The molecule has 0 unspecified atom stereocenters. The zero-order chi connectivity index (χ0) is 15.4. The van der Waals surface area contributed by atoms with Crippen LogP contribution in [0.25, 0.3) is 21.5 Å². The Morgan fingerprint density at radius 3 is 2.00 bits per heavy atom. The van der Waals surface area contributed by atoms with Gasteiger partial charge in [-0.3, -0.25) is 4.55 Å². The number of phenolic OH excluding ortho intramolecular Hbond substituents is 2. The van der Waals surface area contributed by atoms with Crippen LogP contribution in [0.1, 0.15) is 0 Å². The lowest BCUT2D eigenvalue weighted by Gasteiger charge is -2.13. The quantitative estimate of drug-likeness (QED) is 0.237. The summed E-state index contributed by atoms with van der Waals surface area (Å²) >= 11 is 0. The Labute approximate surface area is 119 Å². The first-order valence-corrected chi connectivity index (χ1v) is 7.38. The summed E-state index contributed by atoms with van der Waals surface area (Å²) in [5, 5.41) is 21.1. The maximum Gasteiger partial charge on any atom is 0.295 e. The third kappa shape index (κ3) is 1.86. The first-order chi connectivity index (χ1) is 9.82. The summed E-state index contributed by atoms with van der Waals surface area (Å²) in [4.78, 5) is -0.475. The molecule has 0 spiro atoms. The maximum absolute atomic E-state index is 11.5. The van der Waals surface area contributed by atoms with E-state index in [1.54, 1.807) is 12.1 Å². The van der Waals surface area contributed by atoms with Gasteiger partial charge in [-0.05, 0) is 12.1 Å². The number of hydrogen-bond donors (Lipinski definition) is 4. The molecule has 0 aliphatic rings. The van der Waals surface area contributed by atoms with E-state index in [0.717, 1.165) is 6.07 Å². The van der Waals surface area contributed by atoms with Gasteiger partial charge in [-0.15, -0.1) is 0 Å². The maximum atomic E-state index is 11.5. The number of rotatable bonds is 1. The molecule has 0 fully saturated rings. The van der Waals surface area contributed by atoms with Crippen molar-refractivity contribution in [2.45, 2.75) is 4.90 Å². The lowest BCUT2D eigenvalue weighted by molar-refractivity contribution is 0.473. The summed E-state index contributed by atoms with van der Waals surface area (Å²) in [6.45, 7) is 0. The van der Waals surface area contributed by atoms with Crippen LogP contribution in [0.2, 0.25) is 0 Å². The molecule has 0 aliphatic heterocycles. The SMILES string of the molecule is Nc1cccc2c(O)c3c(S(=O)(=O)O)cccc3c(O)c12. The van der Waals surface area contributed by atoms with E-state index in [-0.39, 0.29) is 38.7 Å². The Morgan fingerprint density at radius 2 is 1.38 bits per heavy atom. The van der Waals surface area contributed by atoms with Crippen molar-refractivity contribution in [3.8, 4) is 11.5 Å². The molecule has 5 N–H and O–H groups in total. The highest BCUT2D eigenvalue weighted by molar-refractivity contribution is 7.86. The van der Waals surface area contributed by atoms with Gasteiger partial charge in [0.15, 0.2) is 0 Å². The van der Waals surface area contributed by atoms with Crippen molar-refractivity contribution in [2.24, 2.45) is 0 Å². The van der Waals surface area contributed by atoms with Gasteiger partial charge < -0.3 is 15.9 Å². The molecule has 0 atom stereocenters. The van der Waals surface area contributed by atoms with Crippen LogP contribution >= 0.6 is 0 Å². The van der Waals surface area contributed by atoms with E-state index in [4.69, 9.17) is 5.73 Å². The third-order valence-electron chi connectivity index (χ3n) is 3.38. The number of phenols is 2. The summed E-state index contributed by atoms with van der Waals surface area (Å²) in [7, 11) is -4.55. The van der Waals surface area contributed by atoms with Crippen molar-refractivity contribution in [3.05, 3.63) is 36.4 Å². The van der Waals surface area contributed by atoms with Crippen molar-refractivity contribution in [3.63, 3.8) is 0 Å². The molecule has 108 valence electrons. The Bertz CT molecular complexity index is 995. The van der Waals surface area contributed by atoms with E-state index in [0.29, 0.717) is 0 Å². The van der Waals surface area contributed by atoms with Crippen LogP contribution in [-0.2, 0) is 10.1 Å². The van der Waals surface area contributed by atoms with E-state index < -0.39 is 15.0 Å². The number of nitrogen functional groups attached to an aromatic ring is 1. The standard InChI is InChI=1S/C14H11NO5S/c15-9-5-1-3-7-11(9)13(16)8-4-2-6-10(21(18,19)20)12(8)14(7)17/h1-6,16-17H,15H2,(H,18,19,20). The normalized spacial score (nSPS) is 12.0. The smallest absolute Gasteiger partial charge is 0.295 e. The topological polar surface area (TPSA) is 121 Å². The molecule has 0 saturated heterocycles. The third-order valence-corrected chi connectivity index (χ3v) is 4.28. The van der Waals surface area contributed by atoms with Crippen molar-refractivity contribution in [1.29, 1.82) is 0 Å². The molecular formula is C14H11NO5S. The minimum absolute atomic E-state index is 0.0908. The lowest BCUT2D eigenvalue weighted by atomic mass is 9.99. The van der Waals surface area contributed by atoms with Crippen LogP contribution in [0.5, 0.6) is 11.5 Å². The van der Waals surface area contributed by atoms with Gasteiger partial charge >= 0.3 is 0 Å². The van der Waals surface area contributed by atoms with E-state index in [2.05, 4.69) is 0 Å². The molecule has 0 amide bonds. The highest BCUT2D eigenvalue weighted by Gasteiger charge is 2.22. The van der Waals surface area contributed by atoms with Crippen LogP contribution in [0.15, 0.2) is 41.3 Å². The second-order valence-corrected chi connectivity index (χ2v) is 6.01. The molecule has 0 aliphatic carbocycles. The van der Waals surface area contributed by atoms with Gasteiger partial charge in [-0.2, -0.15) is 8.42 Å². The zero-order valence-electron chi connectivity index (χ0n) is 10.6. The molecule has 0 aromatic heterocycles. The molecule has 6 nitrogen and oxygen atoms in total. The predicted octanol–water partition coefficient (Wildman–Crippen LogP) is 2.23. The summed E-state index contributed by atoms with van der Waals surface area (Å²) in [5.74, 6) is -0.611. The molecule has 0 heterocycles. The number of anilines is 1. The fourth-order valence-corrected chi connectivity index (χ4v) is 3.20. The molecule has 7 heteroatoms. The fraction of sp³-hybridized carbons (Fsp3) is 0. The van der Waals surface area contributed by atoms with Crippen LogP contribution < -0.4 is 5.73 Å². The van der Waals surface area contributed by atoms with Crippen LogP contribution in [0.3, 0.4) is 0 Å². The van der Waals surface area contributed by atoms with Crippen molar-refractivity contribution in [2.75, 3.05) is 5.73 Å². The number of fused-ring (bicyclic) bond motifs is 2. The number of aromatic hydroxyl groups is 2. The molecule has 3 aromatic rings. The molecule has 3 aromatic carbocycles. The van der Waals surface area contributed by atoms with Crippen molar-refractivity contribution in [1.82, 2.24) is 0 Å². The van der Waals surface area contributed by atoms with Crippen LogP contribution in [0.4, 0.5) is 5.69 Å². The first kappa shape index (κ1) is 13.5. The molecular weight excluding hydrogens is 294 g/mol. The monoisotopic (exact) mass is 305 g/mol. The zero-order valence-corrected chi connectivity index (χ0v) is 11.4. The minimum atomic E-state index is -4.55. The molecule has 21 heavy (non-hydrogen) atoms. The van der Waals surface area contributed by atoms with Crippen molar-refractivity contribution < 1.29 is 23.2 Å². The average Bonchev–Trinajstić information content (AvgIpc) is 2.43. The summed E-state index contributed by atoms with van der Waals surface area (Å²) in [5.41, 5.74) is 6.05. The second kappa shape index (κ2) is 4.24. The first-order valence-electron chi connectivity index (χ1n) is 5.94. The molecule has 3 rings (SSSR count). The van der Waals surface area contributed by atoms with Gasteiger partial charge in [0.05, 0.1) is 5.39 Å². The highest BCUT2D eigenvalue weighted by Crippen LogP contribution is 2.45. The summed E-state index contributed by atoms with van der Waals surface area (Å²) in [6, 6.07) is 8.56. The molecule has 0 saturated carbocycles. The second-order valence-electron chi connectivity index (χ2n) is 4.62.